The number of phenolic OH excluding ortho intramolecular Hbond substituents is 4. The van der Waals surface area contributed by atoms with Gasteiger partial charge in [0.2, 0.25) is 0 Å². The Hall–Kier alpha value is -5.84. The Labute approximate surface area is 339 Å². The smallest absolute Gasteiger partial charge is 0.135 e. The molecule has 0 spiro atoms. The van der Waals surface area contributed by atoms with Gasteiger partial charge in [-0.1, -0.05) is 12.1 Å². The molecular weight excluding hydrogens is 733 g/mol. The van der Waals surface area contributed by atoms with Crippen molar-refractivity contribution in [2.75, 3.05) is 28.4 Å². The number of hydrogen-bond donors (Lipinski definition) is 6. The molecule has 2 aliphatic rings. The van der Waals surface area contributed by atoms with Gasteiger partial charge in [-0.15, -0.1) is 0 Å². The Morgan fingerprint density at radius 1 is 0.534 bits per heavy atom. The van der Waals surface area contributed by atoms with E-state index in [1.807, 2.05) is 50.2 Å². The molecule has 0 aliphatic carbocycles. The van der Waals surface area contributed by atoms with Crippen molar-refractivity contribution in [1.82, 2.24) is 10.6 Å². The van der Waals surface area contributed by atoms with Crippen LogP contribution in [0, 0.1) is 13.8 Å². The molecule has 0 aromatic heterocycles. The van der Waals surface area contributed by atoms with E-state index in [0.717, 1.165) is 46.2 Å². The number of fused-ring (bicyclic) bond motifs is 4. The lowest BCUT2D eigenvalue weighted by molar-refractivity contribution is 0.377. The maximum Gasteiger partial charge on any atom is 0.135 e. The number of phenols is 4. The van der Waals surface area contributed by atoms with Gasteiger partial charge in [-0.2, -0.15) is 0 Å². The first-order chi connectivity index (χ1) is 27.7. The molecule has 6 aromatic rings. The van der Waals surface area contributed by atoms with E-state index in [-0.39, 0.29) is 47.2 Å². The number of aryl methyl sites for hydroxylation is 2. The van der Waals surface area contributed by atoms with E-state index in [0.29, 0.717) is 77.9 Å². The van der Waals surface area contributed by atoms with E-state index in [2.05, 4.69) is 38.3 Å². The summed E-state index contributed by atoms with van der Waals surface area (Å²) in [5.74, 6) is 1.80. The predicted octanol–water partition coefficient (Wildman–Crippen LogP) is 9.66. The van der Waals surface area contributed by atoms with E-state index < -0.39 is 0 Å². The van der Waals surface area contributed by atoms with E-state index >= 15 is 0 Å². The van der Waals surface area contributed by atoms with Gasteiger partial charge in [-0.05, 0) is 129 Å². The highest BCUT2D eigenvalue weighted by Gasteiger charge is 2.33. The van der Waals surface area contributed by atoms with Crippen LogP contribution in [0.2, 0.25) is 0 Å². The summed E-state index contributed by atoms with van der Waals surface area (Å²) in [5, 5.41) is 57.8. The molecule has 0 bridgehead atoms. The lowest BCUT2D eigenvalue weighted by atomic mass is 9.83. The van der Waals surface area contributed by atoms with Crippen molar-refractivity contribution in [2.45, 2.75) is 78.6 Å². The molecule has 2 heterocycles. The van der Waals surface area contributed by atoms with Crippen molar-refractivity contribution in [2.24, 2.45) is 0 Å². The van der Waals surface area contributed by atoms with Crippen LogP contribution in [0.3, 0.4) is 0 Å². The molecular formula is C48H52N2O8. The molecule has 10 nitrogen and oxygen atoms in total. The molecule has 6 aromatic carbocycles. The van der Waals surface area contributed by atoms with Crippen molar-refractivity contribution >= 4 is 21.5 Å². The highest BCUT2D eigenvalue weighted by atomic mass is 16.5. The number of hydrogen-bond acceptors (Lipinski definition) is 10. The molecule has 10 heteroatoms. The summed E-state index contributed by atoms with van der Waals surface area (Å²) in [6.45, 7) is 12.3. The van der Waals surface area contributed by atoms with Gasteiger partial charge in [0.25, 0.3) is 0 Å². The summed E-state index contributed by atoms with van der Waals surface area (Å²) < 4.78 is 24.1. The van der Waals surface area contributed by atoms with E-state index in [1.54, 1.807) is 40.6 Å². The van der Waals surface area contributed by atoms with Crippen molar-refractivity contribution in [3.63, 3.8) is 0 Å². The minimum atomic E-state index is -0.143. The van der Waals surface area contributed by atoms with E-state index in [4.69, 9.17) is 18.9 Å². The van der Waals surface area contributed by atoms with Gasteiger partial charge >= 0.3 is 0 Å². The Balaban J connectivity index is 1.44. The van der Waals surface area contributed by atoms with E-state index in [9.17, 15) is 20.4 Å². The maximum atomic E-state index is 12.5. The Morgan fingerprint density at radius 2 is 1.05 bits per heavy atom. The largest absolute Gasteiger partial charge is 0.507 e. The number of aromatic hydroxyl groups is 4. The third kappa shape index (κ3) is 5.91. The molecule has 0 fully saturated rings. The van der Waals surface area contributed by atoms with Gasteiger partial charge in [0, 0.05) is 52.0 Å². The summed E-state index contributed by atoms with van der Waals surface area (Å²) in [6, 6.07) is 15.1. The lowest BCUT2D eigenvalue weighted by Crippen LogP contribution is -2.36. The second-order valence-corrected chi connectivity index (χ2v) is 16.1. The minimum Gasteiger partial charge on any atom is -0.507 e. The van der Waals surface area contributed by atoms with Gasteiger partial charge in [-0.3, -0.25) is 0 Å². The molecule has 8 rings (SSSR count). The highest BCUT2D eigenvalue weighted by molar-refractivity contribution is 6.13. The van der Waals surface area contributed by atoms with E-state index in [1.165, 1.54) is 0 Å². The first-order valence-electron chi connectivity index (χ1n) is 19.8. The fourth-order valence-corrected chi connectivity index (χ4v) is 9.96. The van der Waals surface area contributed by atoms with Crippen LogP contribution in [0.15, 0.2) is 48.5 Å². The van der Waals surface area contributed by atoms with Crippen LogP contribution in [-0.4, -0.2) is 60.9 Å². The number of rotatable bonds is 7. The number of methoxy groups -OCH3 is 4. The number of nitrogens with one attached hydrogen (secondary N) is 2. The van der Waals surface area contributed by atoms with Gasteiger partial charge in [0.15, 0.2) is 0 Å². The molecule has 4 unspecified atom stereocenters. The molecule has 0 amide bonds. The lowest BCUT2D eigenvalue weighted by Gasteiger charge is -2.32. The standard InChI is InChI=1S/C48H52N2O8/c1-21-13-31-32(41-34(51)18-27-16-23(3)49-25(5)39(27)47(41)57-9)20-33(46(54)43(31)36(14-21)55-7)29-11-12-30-38(22(2)15-37(56-8)42(30)45(29)53)44-35(52)19-28-17-24(4)50-26(6)40(28)48(44)58-10/h11-15,18-20,23-26,49-54H,16-17H2,1-10H3. The second-order valence-electron chi connectivity index (χ2n) is 16.1. The monoisotopic (exact) mass is 784 g/mol. The average Bonchev–Trinajstić information content (AvgIpc) is 3.17. The summed E-state index contributed by atoms with van der Waals surface area (Å²) in [7, 11) is 6.32. The van der Waals surface area contributed by atoms with Crippen molar-refractivity contribution < 1.29 is 39.4 Å². The van der Waals surface area contributed by atoms with Crippen molar-refractivity contribution in [3.8, 4) is 79.4 Å². The van der Waals surface area contributed by atoms with Gasteiger partial charge in [0.1, 0.15) is 46.0 Å². The molecule has 0 saturated carbocycles. The predicted molar refractivity (Wildman–Crippen MR) is 230 cm³/mol. The zero-order valence-corrected chi connectivity index (χ0v) is 34.8. The second kappa shape index (κ2) is 14.5. The van der Waals surface area contributed by atoms with Gasteiger partial charge < -0.3 is 50.0 Å². The molecule has 302 valence electrons. The molecule has 0 saturated heterocycles. The van der Waals surface area contributed by atoms with Crippen LogP contribution >= 0.6 is 0 Å². The zero-order chi connectivity index (χ0) is 41.5. The van der Waals surface area contributed by atoms with Crippen molar-refractivity contribution in [1.29, 1.82) is 0 Å². The third-order valence-corrected chi connectivity index (χ3v) is 12.2. The molecule has 6 N–H and O–H groups in total. The zero-order valence-electron chi connectivity index (χ0n) is 34.8. The fourth-order valence-electron chi connectivity index (χ4n) is 9.96. The van der Waals surface area contributed by atoms with Crippen LogP contribution in [0.4, 0.5) is 0 Å². The Morgan fingerprint density at radius 3 is 1.62 bits per heavy atom. The topological polar surface area (TPSA) is 142 Å². The molecule has 58 heavy (non-hydrogen) atoms. The van der Waals surface area contributed by atoms with Gasteiger partial charge in [-0.25, -0.2) is 0 Å². The first-order valence-corrected chi connectivity index (χ1v) is 19.8. The Kier molecular flexibility index (Phi) is 9.76. The van der Waals surface area contributed by atoms with Crippen LogP contribution in [0.25, 0.3) is 54.9 Å². The number of benzene rings is 6. The summed E-state index contributed by atoms with van der Waals surface area (Å²) in [5.41, 5.74) is 8.53. The Bertz CT molecular complexity index is 2670. The summed E-state index contributed by atoms with van der Waals surface area (Å²) in [4.78, 5) is 0. The van der Waals surface area contributed by atoms with Crippen LogP contribution in [-0.2, 0) is 12.8 Å². The normalized spacial score (nSPS) is 18.9. The van der Waals surface area contributed by atoms with Crippen LogP contribution in [0.5, 0.6) is 46.0 Å². The highest BCUT2D eigenvalue weighted by Crippen LogP contribution is 2.56. The maximum absolute atomic E-state index is 12.5. The molecule has 2 aliphatic heterocycles. The quantitative estimate of drug-likeness (QED) is 0.0927. The SMILES string of the molecule is COc1c(-c2cc(-c3ccc4c(-c5c(O)cc6c(c5OC)C(C)NC(C)C6)c(C)cc(OC)c4c3O)c(O)c3c(OC)cc(C)cc23)c(O)cc2c1C(C)NC(C)C2. The fraction of sp³-hybridized carbons (Fsp3) is 0.333. The van der Waals surface area contributed by atoms with Crippen LogP contribution in [0.1, 0.15) is 73.2 Å². The van der Waals surface area contributed by atoms with Gasteiger partial charge in [0.05, 0.1) is 50.3 Å². The average molecular weight is 785 g/mol. The third-order valence-electron chi connectivity index (χ3n) is 12.2. The molecule has 4 atom stereocenters. The summed E-state index contributed by atoms with van der Waals surface area (Å²) in [6.07, 6.45) is 1.46. The first kappa shape index (κ1) is 39.0. The van der Waals surface area contributed by atoms with Crippen molar-refractivity contribution in [3.05, 3.63) is 81.9 Å². The summed E-state index contributed by atoms with van der Waals surface area (Å²) >= 11 is 0. The molecule has 0 radical (unpaired) electrons. The number of ether oxygens (including phenoxy) is 4. The minimum absolute atomic E-state index is 0.0278. The van der Waals surface area contributed by atoms with Crippen LogP contribution < -0.4 is 29.6 Å².